The van der Waals surface area contributed by atoms with Gasteiger partial charge >= 0.3 is 0 Å². The number of halogens is 2. The quantitative estimate of drug-likeness (QED) is 0.925. The molecule has 5 heteroatoms. The molecule has 1 N–H and O–H groups in total. The summed E-state index contributed by atoms with van der Waals surface area (Å²) in [5.41, 5.74) is 2.09. The van der Waals surface area contributed by atoms with Crippen LogP contribution in [-0.2, 0) is 6.54 Å². The number of thiophene rings is 1. The maximum absolute atomic E-state index is 12.9. The zero-order valence-electron chi connectivity index (χ0n) is 8.71. The van der Waals surface area contributed by atoms with Crippen molar-refractivity contribution in [3.63, 3.8) is 0 Å². The van der Waals surface area contributed by atoms with E-state index in [-0.39, 0.29) is 0 Å². The van der Waals surface area contributed by atoms with Gasteiger partial charge in [0.15, 0.2) is 0 Å². The van der Waals surface area contributed by atoms with E-state index in [1.165, 1.54) is 12.1 Å². The largest absolute Gasteiger partial charge is 0.380 e. The van der Waals surface area contributed by atoms with E-state index in [1.54, 1.807) is 17.4 Å². The minimum Gasteiger partial charge on any atom is -0.380 e. The Labute approximate surface area is 111 Å². The first-order chi connectivity index (χ1) is 8.19. The number of nitriles is 1. The summed E-state index contributed by atoms with van der Waals surface area (Å²) in [5.74, 6) is -0.398. The van der Waals surface area contributed by atoms with Gasteiger partial charge in [-0.1, -0.05) is 0 Å². The molecule has 2 rings (SSSR count). The molecule has 86 valence electrons. The fourth-order valence-corrected chi connectivity index (χ4v) is 2.61. The van der Waals surface area contributed by atoms with E-state index in [4.69, 9.17) is 5.26 Å². The van der Waals surface area contributed by atoms with Crippen molar-refractivity contribution in [2.24, 2.45) is 0 Å². The van der Waals surface area contributed by atoms with Gasteiger partial charge in [-0.3, -0.25) is 0 Å². The van der Waals surface area contributed by atoms with Gasteiger partial charge in [0.2, 0.25) is 0 Å². The molecule has 1 aromatic carbocycles. The monoisotopic (exact) mass is 310 g/mol. The van der Waals surface area contributed by atoms with E-state index in [0.29, 0.717) is 17.8 Å². The van der Waals surface area contributed by atoms with Crippen LogP contribution in [0.1, 0.15) is 11.1 Å². The van der Waals surface area contributed by atoms with Gasteiger partial charge in [0.25, 0.3) is 0 Å². The summed E-state index contributed by atoms with van der Waals surface area (Å²) in [6.45, 7) is 0.614. The van der Waals surface area contributed by atoms with Crippen molar-refractivity contribution in [3.8, 4) is 6.07 Å². The Bertz CT molecular complexity index is 574. The Kier molecular flexibility index (Phi) is 3.77. The third kappa shape index (κ3) is 3.05. The molecule has 0 aliphatic rings. The number of anilines is 1. The number of rotatable bonds is 3. The zero-order valence-corrected chi connectivity index (χ0v) is 11.1. The van der Waals surface area contributed by atoms with Crippen LogP contribution in [0.25, 0.3) is 0 Å². The second-order valence-corrected chi connectivity index (χ2v) is 5.70. The molecular formula is C12H8BrFN2S. The van der Waals surface area contributed by atoms with E-state index >= 15 is 0 Å². The van der Waals surface area contributed by atoms with Crippen molar-refractivity contribution in [1.82, 2.24) is 0 Å². The number of hydrogen-bond donors (Lipinski definition) is 1. The summed E-state index contributed by atoms with van der Waals surface area (Å²) in [6, 6.07) is 8.12. The number of benzene rings is 1. The fraction of sp³-hybridized carbons (Fsp3) is 0.0833. The van der Waals surface area contributed by atoms with Crippen LogP contribution in [0.3, 0.4) is 0 Å². The van der Waals surface area contributed by atoms with Crippen LogP contribution in [0.2, 0.25) is 0 Å². The first-order valence-electron chi connectivity index (χ1n) is 4.85. The molecule has 0 saturated carbocycles. The van der Waals surface area contributed by atoms with Crippen molar-refractivity contribution in [2.45, 2.75) is 6.54 Å². The molecule has 0 saturated heterocycles. The maximum Gasteiger partial charge on any atom is 0.124 e. The van der Waals surface area contributed by atoms with E-state index in [0.717, 1.165) is 9.35 Å². The minimum atomic E-state index is -0.398. The molecule has 0 spiro atoms. The summed E-state index contributed by atoms with van der Waals surface area (Å²) in [4.78, 5) is 0. The zero-order chi connectivity index (χ0) is 12.3. The van der Waals surface area contributed by atoms with Crippen LogP contribution >= 0.6 is 27.3 Å². The predicted molar refractivity (Wildman–Crippen MR) is 70.5 cm³/mol. The first-order valence-corrected chi connectivity index (χ1v) is 6.53. The van der Waals surface area contributed by atoms with Gasteiger partial charge in [0.1, 0.15) is 11.9 Å². The Morgan fingerprint density at radius 1 is 1.41 bits per heavy atom. The van der Waals surface area contributed by atoms with Gasteiger partial charge in [-0.15, -0.1) is 11.3 Å². The number of nitrogens with one attached hydrogen (secondary N) is 1. The lowest BCUT2D eigenvalue weighted by Crippen LogP contribution is -2.00. The van der Waals surface area contributed by atoms with Crippen LogP contribution in [-0.4, -0.2) is 0 Å². The summed E-state index contributed by atoms with van der Waals surface area (Å²) < 4.78 is 14.0. The van der Waals surface area contributed by atoms with E-state index < -0.39 is 5.82 Å². The van der Waals surface area contributed by atoms with Crippen molar-refractivity contribution >= 4 is 33.0 Å². The first kappa shape index (κ1) is 12.1. The van der Waals surface area contributed by atoms with Crippen LogP contribution in [0.4, 0.5) is 10.1 Å². The van der Waals surface area contributed by atoms with Crippen molar-refractivity contribution < 1.29 is 4.39 Å². The summed E-state index contributed by atoms with van der Waals surface area (Å²) in [5, 5.41) is 14.0. The van der Waals surface area contributed by atoms with Crippen molar-refractivity contribution in [2.75, 3.05) is 5.32 Å². The lowest BCUT2D eigenvalue weighted by molar-refractivity contribution is 0.627. The molecule has 2 aromatic rings. The molecule has 0 atom stereocenters. The normalized spacial score (nSPS) is 9.94. The van der Waals surface area contributed by atoms with Crippen molar-refractivity contribution in [1.29, 1.82) is 5.26 Å². The van der Waals surface area contributed by atoms with Gasteiger partial charge < -0.3 is 5.32 Å². The Hall–Kier alpha value is -1.38. The Morgan fingerprint density at radius 2 is 2.24 bits per heavy atom. The Balaban J connectivity index is 2.12. The van der Waals surface area contributed by atoms with Crippen molar-refractivity contribution in [3.05, 3.63) is 50.4 Å². The second kappa shape index (κ2) is 5.30. The van der Waals surface area contributed by atoms with Gasteiger partial charge in [-0.2, -0.15) is 5.26 Å². The average molecular weight is 311 g/mol. The molecule has 0 radical (unpaired) electrons. The third-order valence-corrected chi connectivity index (χ3v) is 3.76. The molecule has 0 unspecified atom stereocenters. The van der Waals surface area contributed by atoms with Gasteiger partial charge in [-0.25, -0.2) is 4.39 Å². The molecule has 0 aliphatic heterocycles. The van der Waals surface area contributed by atoms with Crippen LogP contribution < -0.4 is 5.32 Å². The molecule has 0 aliphatic carbocycles. The number of nitrogens with zero attached hydrogens (tertiary/aromatic N) is 1. The number of hydrogen-bond acceptors (Lipinski definition) is 3. The molecule has 2 nitrogen and oxygen atoms in total. The van der Waals surface area contributed by atoms with Gasteiger partial charge in [-0.05, 0) is 51.1 Å². The lowest BCUT2D eigenvalue weighted by atomic mass is 10.2. The fourth-order valence-electron chi connectivity index (χ4n) is 1.40. The highest BCUT2D eigenvalue weighted by molar-refractivity contribution is 9.11. The van der Waals surface area contributed by atoms with Crippen LogP contribution in [0.15, 0.2) is 33.4 Å². The van der Waals surface area contributed by atoms with E-state index in [1.807, 2.05) is 17.5 Å². The van der Waals surface area contributed by atoms with Gasteiger partial charge in [0.05, 0.1) is 15.0 Å². The minimum absolute atomic E-state index is 0.319. The third-order valence-electron chi connectivity index (χ3n) is 2.21. The SMILES string of the molecule is N#Cc1cc(F)ccc1NCc1csc(Br)c1. The van der Waals surface area contributed by atoms with Crippen LogP contribution in [0.5, 0.6) is 0 Å². The lowest BCUT2D eigenvalue weighted by Gasteiger charge is -2.06. The maximum atomic E-state index is 12.9. The summed E-state index contributed by atoms with van der Waals surface area (Å²) >= 11 is 4.99. The summed E-state index contributed by atoms with van der Waals surface area (Å²) in [7, 11) is 0. The molecule has 1 heterocycles. The smallest absolute Gasteiger partial charge is 0.124 e. The van der Waals surface area contributed by atoms with E-state index in [9.17, 15) is 4.39 Å². The topological polar surface area (TPSA) is 35.8 Å². The molecule has 17 heavy (non-hydrogen) atoms. The molecule has 1 aromatic heterocycles. The average Bonchev–Trinajstić information content (AvgIpc) is 2.73. The highest BCUT2D eigenvalue weighted by Gasteiger charge is 2.04. The highest BCUT2D eigenvalue weighted by Crippen LogP contribution is 2.22. The summed E-state index contributed by atoms with van der Waals surface area (Å²) in [6.07, 6.45) is 0. The predicted octanol–water partition coefficient (Wildman–Crippen LogP) is 4.13. The molecule has 0 fully saturated rings. The molecule has 0 amide bonds. The second-order valence-electron chi connectivity index (χ2n) is 3.41. The van der Waals surface area contributed by atoms with Crippen LogP contribution in [0, 0.1) is 17.1 Å². The van der Waals surface area contributed by atoms with E-state index in [2.05, 4.69) is 21.2 Å². The standard InChI is InChI=1S/C12H8BrFN2S/c13-12-3-8(7-17-12)6-16-11-2-1-10(14)4-9(11)5-15/h1-4,7,16H,6H2. The molecule has 0 bridgehead atoms. The highest BCUT2D eigenvalue weighted by atomic mass is 79.9. The van der Waals surface area contributed by atoms with Gasteiger partial charge in [0, 0.05) is 6.54 Å². The Morgan fingerprint density at radius 3 is 2.88 bits per heavy atom. The molecular weight excluding hydrogens is 303 g/mol.